The number of carbonyl (C=O) groups is 1. The normalized spacial score (nSPS) is 15.8. The maximum absolute atomic E-state index is 12.6. The van der Waals surface area contributed by atoms with Crippen LogP contribution in [-0.4, -0.2) is 48.1 Å². The van der Waals surface area contributed by atoms with E-state index in [1.54, 1.807) is 18.3 Å². The average Bonchev–Trinajstić information content (AvgIpc) is 3.29. The van der Waals surface area contributed by atoms with Crippen molar-refractivity contribution >= 4 is 47.2 Å². The molecule has 0 bridgehead atoms. The number of hydrogen-bond acceptors (Lipinski definition) is 5. The standard InChI is InChI=1S/C21H30N4O3S.HI/c1-5-22-20(24-13-21(4,27)17-10-14(2)28-15(17)3)23-11-19(26)25-8-6-18-16(12-25)7-9-29-18;/h7,9-10,27H,5-6,8,11-13H2,1-4H3,(H2,22,23,24);1H. The van der Waals surface area contributed by atoms with Crippen LogP contribution in [0.25, 0.3) is 0 Å². The van der Waals surface area contributed by atoms with Gasteiger partial charge in [0.15, 0.2) is 5.96 Å². The number of aliphatic imine (C=N–C) groups is 1. The Morgan fingerprint density at radius 3 is 2.83 bits per heavy atom. The molecular weight excluding hydrogens is 515 g/mol. The molecule has 2 aromatic rings. The molecule has 9 heteroatoms. The van der Waals surface area contributed by atoms with Crippen molar-refractivity contribution in [1.29, 1.82) is 0 Å². The van der Waals surface area contributed by atoms with Gasteiger partial charge in [-0.15, -0.1) is 35.3 Å². The molecule has 1 aliphatic rings. The topological polar surface area (TPSA) is 90.1 Å². The van der Waals surface area contributed by atoms with Crippen molar-refractivity contribution < 1.29 is 14.3 Å². The maximum Gasteiger partial charge on any atom is 0.244 e. The minimum absolute atomic E-state index is 0. The first-order valence-corrected chi connectivity index (χ1v) is 10.8. The van der Waals surface area contributed by atoms with Crippen LogP contribution in [0.2, 0.25) is 0 Å². The number of carbonyl (C=O) groups excluding carboxylic acids is 1. The largest absolute Gasteiger partial charge is 0.466 e. The summed E-state index contributed by atoms with van der Waals surface area (Å²) in [5, 5.41) is 19.2. The fraction of sp³-hybridized carbons (Fsp3) is 0.524. The summed E-state index contributed by atoms with van der Waals surface area (Å²) in [4.78, 5) is 20.3. The lowest BCUT2D eigenvalue weighted by molar-refractivity contribution is -0.130. The van der Waals surface area contributed by atoms with Crippen LogP contribution in [0, 0.1) is 13.8 Å². The van der Waals surface area contributed by atoms with E-state index in [0.717, 1.165) is 24.3 Å². The van der Waals surface area contributed by atoms with Gasteiger partial charge in [-0.1, -0.05) is 0 Å². The number of rotatable bonds is 6. The second kappa shape index (κ2) is 10.6. The predicted molar refractivity (Wildman–Crippen MR) is 131 cm³/mol. The molecule has 2 aromatic heterocycles. The number of furan rings is 1. The third-order valence-electron chi connectivity index (χ3n) is 5.10. The quantitative estimate of drug-likeness (QED) is 0.295. The summed E-state index contributed by atoms with van der Waals surface area (Å²) in [5.41, 5.74) is 0.865. The van der Waals surface area contributed by atoms with Crippen LogP contribution < -0.4 is 10.6 Å². The average molecular weight is 546 g/mol. The third kappa shape index (κ3) is 5.98. The summed E-state index contributed by atoms with van der Waals surface area (Å²) in [6, 6.07) is 3.94. The minimum Gasteiger partial charge on any atom is -0.466 e. The fourth-order valence-electron chi connectivity index (χ4n) is 3.57. The molecule has 7 nitrogen and oxygen atoms in total. The Morgan fingerprint density at radius 1 is 1.40 bits per heavy atom. The summed E-state index contributed by atoms with van der Waals surface area (Å²) in [6.45, 7) is 9.76. The molecule has 1 unspecified atom stereocenters. The number of fused-ring (bicyclic) bond motifs is 1. The van der Waals surface area contributed by atoms with Gasteiger partial charge >= 0.3 is 0 Å². The molecular formula is C21H31IN4O3S. The zero-order chi connectivity index (χ0) is 21.0. The molecule has 3 heterocycles. The Labute approximate surface area is 199 Å². The number of nitrogens with one attached hydrogen (secondary N) is 2. The summed E-state index contributed by atoms with van der Waals surface area (Å²) in [7, 11) is 0. The maximum atomic E-state index is 12.6. The van der Waals surface area contributed by atoms with Crippen LogP contribution in [0.3, 0.4) is 0 Å². The Hall–Kier alpha value is -1.59. The van der Waals surface area contributed by atoms with Gasteiger partial charge in [-0.2, -0.15) is 0 Å². The van der Waals surface area contributed by atoms with E-state index < -0.39 is 5.60 Å². The first kappa shape index (κ1) is 24.7. The molecule has 0 saturated heterocycles. The van der Waals surface area contributed by atoms with E-state index in [1.165, 1.54) is 10.4 Å². The molecule has 0 radical (unpaired) electrons. The smallest absolute Gasteiger partial charge is 0.244 e. The second-order valence-corrected chi connectivity index (χ2v) is 8.58. The highest BCUT2D eigenvalue weighted by atomic mass is 127. The highest BCUT2D eigenvalue weighted by Crippen LogP contribution is 2.26. The highest BCUT2D eigenvalue weighted by Gasteiger charge is 2.28. The van der Waals surface area contributed by atoms with E-state index in [4.69, 9.17) is 4.42 Å². The summed E-state index contributed by atoms with van der Waals surface area (Å²) >= 11 is 1.76. The van der Waals surface area contributed by atoms with Gasteiger partial charge in [0.2, 0.25) is 5.91 Å². The molecule has 1 aliphatic heterocycles. The van der Waals surface area contributed by atoms with Crippen LogP contribution >= 0.6 is 35.3 Å². The first-order valence-electron chi connectivity index (χ1n) is 9.95. The lowest BCUT2D eigenvalue weighted by Gasteiger charge is -2.27. The lowest BCUT2D eigenvalue weighted by atomic mass is 9.96. The van der Waals surface area contributed by atoms with Crippen LogP contribution in [0.15, 0.2) is 26.9 Å². The molecule has 0 aliphatic carbocycles. The van der Waals surface area contributed by atoms with E-state index in [1.807, 2.05) is 31.7 Å². The number of guanidine groups is 1. The van der Waals surface area contributed by atoms with E-state index in [2.05, 4.69) is 27.1 Å². The van der Waals surface area contributed by atoms with Gasteiger partial charge in [-0.3, -0.25) is 4.79 Å². The number of aryl methyl sites for hydroxylation is 2. The van der Waals surface area contributed by atoms with Crippen molar-refractivity contribution in [2.45, 2.75) is 46.3 Å². The van der Waals surface area contributed by atoms with Crippen LogP contribution in [0.1, 0.15) is 41.4 Å². The minimum atomic E-state index is -1.12. The number of aliphatic hydroxyl groups is 1. The number of thiophene rings is 1. The summed E-state index contributed by atoms with van der Waals surface area (Å²) in [6.07, 6.45) is 0.910. The summed E-state index contributed by atoms with van der Waals surface area (Å²) < 4.78 is 5.54. The zero-order valence-corrected chi connectivity index (χ0v) is 21.1. The monoisotopic (exact) mass is 546 g/mol. The van der Waals surface area contributed by atoms with E-state index >= 15 is 0 Å². The number of hydrogen-bond donors (Lipinski definition) is 3. The van der Waals surface area contributed by atoms with Gasteiger partial charge < -0.3 is 25.1 Å². The molecule has 166 valence electrons. The zero-order valence-electron chi connectivity index (χ0n) is 17.9. The molecule has 0 aromatic carbocycles. The van der Waals surface area contributed by atoms with E-state index in [-0.39, 0.29) is 43.0 Å². The van der Waals surface area contributed by atoms with E-state index in [9.17, 15) is 9.90 Å². The molecule has 0 spiro atoms. The number of amides is 1. The Morgan fingerprint density at radius 2 is 2.17 bits per heavy atom. The molecule has 3 N–H and O–H groups in total. The Bertz CT molecular complexity index is 891. The van der Waals surface area contributed by atoms with Crippen LogP contribution in [0.5, 0.6) is 0 Å². The highest BCUT2D eigenvalue weighted by molar-refractivity contribution is 14.0. The SMILES string of the molecule is CCNC(=NCC(=O)N1CCc2sccc2C1)NCC(C)(O)c1cc(C)oc1C.I. The van der Waals surface area contributed by atoms with Crippen molar-refractivity contribution in [2.75, 3.05) is 26.2 Å². The van der Waals surface area contributed by atoms with Gasteiger partial charge in [0.1, 0.15) is 23.7 Å². The molecule has 3 rings (SSSR count). The number of nitrogens with zero attached hydrogens (tertiary/aromatic N) is 2. The fourth-order valence-corrected chi connectivity index (χ4v) is 4.46. The van der Waals surface area contributed by atoms with Crippen molar-refractivity contribution in [3.63, 3.8) is 0 Å². The van der Waals surface area contributed by atoms with E-state index in [0.29, 0.717) is 24.8 Å². The molecule has 0 fully saturated rings. The third-order valence-corrected chi connectivity index (χ3v) is 6.12. The van der Waals surface area contributed by atoms with Crippen LogP contribution in [0.4, 0.5) is 0 Å². The molecule has 1 amide bonds. The van der Waals surface area contributed by atoms with Crippen molar-refractivity contribution in [3.8, 4) is 0 Å². The van der Waals surface area contributed by atoms with Gasteiger partial charge in [-0.05, 0) is 57.2 Å². The lowest BCUT2D eigenvalue weighted by Crippen LogP contribution is -2.45. The van der Waals surface area contributed by atoms with Gasteiger partial charge in [0.05, 0.1) is 6.54 Å². The molecule has 0 saturated carbocycles. The number of halogens is 1. The van der Waals surface area contributed by atoms with Gasteiger partial charge in [-0.25, -0.2) is 4.99 Å². The van der Waals surface area contributed by atoms with Gasteiger partial charge in [0.25, 0.3) is 0 Å². The summed E-state index contributed by atoms with van der Waals surface area (Å²) in [5.74, 6) is 1.97. The second-order valence-electron chi connectivity index (χ2n) is 7.58. The molecule has 30 heavy (non-hydrogen) atoms. The van der Waals surface area contributed by atoms with Crippen molar-refractivity contribution in [1.82, 2.24) is 15.5 Å². The Kier molecular flexibility index (Phi) is 8.74. The van der Waals surface area contributed by atoms with Crippen LogP contribution in [-0.2, 0) is 23.4 Å². The molecule has 1 atom stereocenters. The van der Waals surface area contributed by atoms with Gasteiger partial charge in [0, 0.05) is 30.1 Å². The van der Waals surface area contributed by atoms with Crippen molar-refractivity contribution in [2.24, 2.45) is 4.99 Å². The predicted octanol–water partition coefficient (Wildman–Crippen LogP) is 2.92. The van der Waals surface area contributed by atoms with Crippen molar-refractivity contribution in [3.05, 3.63) is 45.0 Å². The Balaban J connectivity index is 0.00000320. The first-order chi connectivity index (χ1) is 13.8.